The van der Waals surface area contributed by atoms with Crippen molar-refractivity contribution in [3.63, 3.8) is 0 Å². The molecule has 2 heterocycles. The number of fused-ring (bicyclic) bond motifs is 1. The molecule has 0 bridgehead atoms. The van der Waals surface area contributed by atoms with E-state index in [1.807, 2.05) is 0 Å². The molecule has 0 fully saturated rings. The van der Waals surface area contributed by atoms with E-state index in [9.17, 15) is 0 Å². The Labute approximate surface area is 129 Å². The van der Waals surface area contributed by atoms with Crippen molar-refractivity contribution in [1.82, 2.24) is 14.9 Å². The number of nitrogens with one attached hydrogen (secondary N) is 2. The summed E-state index contributed by atoms with van der Waals surface area (Å²) in [6.45, 7) is 10.6. The van der Waals surface area contributed by atoms with Gasteiger partial charge < -0.3 is 10.2 Å². The highest BCUT2D eigenvalue weighted by Crippen LogP contribution is 2.29. The van der Waals surface area contributed by atoms with Gasteiger partial charge in [-0.25, -0.2) is 10.8 Å². The second-order valence-electron chi connectivity index (χ2n) is 4.92. The Kier molecular flexibility index (Phi) is 5.72. The first-order valence-corrected chi connectivity index (χ1v) is 8.20. The Balaban J connectivity index is 2.03. The first-order chi connectivity index (χ1) is 10.2. The van der Waals surface area contributed by atoms with Gasteiger partial charge in [0.2, 0.25) is 5.95 Å². The molecule has 0 aliphatic heterocycles. The normalized spacial score (nSPS) is 11.3. The van der Waals surface area contributed by atoms with Gasteiger partial charge in [-0.2, -0.15) is 4.98 Å². The summed E-state index contributed by atoms with van der Waals surface area (Å²) < 4.78 is 0. The van der Waals surface area contributed by atoms with Gasteiger partial charge in [-0.15, -0.1) is 11.3 Å². The maximum Gasteiger partial charge on any atom is 0.240 e. The summed E-state index contributed by atoms with van der Waals surface area (Å²) >= 11 is 1.65. The minimum Gasteiger partial charge on any atom is -0.369 e. The molecule has 4 N–H and O–H groups in total. The molecule has 0 aromatic carbocycles. The zero-order chi connectivity index (χ0) is 15.2. The van der Waals surface area contributed by atoms with Crippen LogP contribution in [0.2, 0.25) is 0 Å². The Morgan fingerprint density at radius 2 is 2.05 bits per heavy atom. The molecular formula is C14H24N6S. The van der Waals surface area contributed by atoms with E-state index >= 15 is 0 Å². The van der Waals surface area contributed by atoms with Crippen LogP contribution in [0.25, 0.3) is 10.2 Å². The fourth-order valence-electron chi connectivity index (χ4n) is 2.29. The van der Waals surface area contributed by atoms with Crippen molar-refractivity contribution in [2.24, 2.45) is 5.84 Å². The molecule has 116 valence electrons. The van der Waals surface area contributed by atoms with E-state index in [4.69, 9.17) is 5.84 Å². The van der Waals surface area contributed by atoms with E-state index in [0.29, 0.717) is 5.95 Å². The number of thiophene rings is 1. The topological polar surface area (TPSA) is 79.1 Å². The van der Waals surface area contributed by atoms with Crippen LogP contribution in [0.1, 0.15) is 25.1 Å². The third kappa shape index (κ3) is 4.03. The van der Waals surface area contributed by atoms with Crippen LogP contribution in [0.5, 0.6) is 0 Å². The third-order valence-corrected chi connectivity index (χ3v) is 4.43. The van der Waals surface area contributed by atoms with Crippen molar-refractivity contribution in [2.45, 2.75) is 27.2 Å². The van der Waals surface area contributed by atoms with Crippen LogP contribution in [0, 0.1) is 6.92 Å². The molecule has 21 heavy (non-hydrogen) atoms. The van der Waals surface area contributed by atoms with E-state index in [1.54, 1.807) is 11.3 Å². The van der Waals surface area contributed by atoms with Crippen LogP contribution >= 0.6 is 11.3 Å². The fourth-order valence-corrected chi connectivity index (χ4v) is 3.17. The van der Waals surface area contributed by atoms with E-state index in [0.717, 1.165) is 48.6 Å². The minimum atomic E-state index is 0.454. The average Bonchev–Trinajstić information content (AvgIpc) is 2.87. The number of aryl methyl sites for hydroxylation is 1. The second kappa shape index (κ2) is 7.53. The zero-order valence-electron chi connectivity index (χ0n) is 12.9. The van der Waals surface area contributed by atoms with Crippen molar-refractivity contribution in [2.75, 3.05) is 36.9 Å². The van der Waals surface area contributed by atoms with Gasteiger partial charge in [0.15, 0.2) is 0 Å². The highest BCUT2D eigenvalue weighted by Gasteiger charge is 2.10. The van der Waals surface area contributed by atoms with Crippen LogP contribution in [0.15, 0.2) is 6.07 Å². The van der Waals surface area contributed by atoms with Crippen molar-refractivity contribution in [1.29, 1.82) is 0 Å². The van der Waals surface area contributed by atoms with Crippen LogP contribution in [-0.4, -0.2) is 41.0 Å². The molecule has 0 saturated heterocycles. The summed E-state index contributed by atoms with van der Waals surface area (Å²) in [5, 5.41) is 4.48. The van der Waals surface area contributed by atoms with Gasteiger partial charge in [-0.05, 0) is 39.0 Å². The largest absolute Gasteiger partial charge is 0.369 e. The summed E-state index contributed by atoms with van der Waals surface area (Å²) in [6.07, 6.45) is 1.09. The lowest BCUT2D eigenvalue weighted by Crippen LogP contribution is -2.25. The Bertz CT molecular complexity index is 578. The third-order valence-electron chi connectivity index (χ3n) is 3.48. The monoisotopic (exact) mass is 308 g/mol. The summed E-state index contributed by atoms with van der Waals surface area (Å²) in [7, 11) is 0. The molecule has 0 aliphatic rings. The van der Waals surface area contributed by atoms with E-state index in [2.05, 4.69) is 52.4 Å². The lowest BCUT2D eigenvalue weighted by atomic mass is 10.3. The van der Waals surface area contributed by atoms with E-state index < -0.39 is 0 Å². The molecular weight excluding hydrogens is 284 g/mol. The molecule has 0 unspecified atom stereocenters. The Morgan fingerprint density at radius 3 is 2.71 bits per heavy atom. The average molecular weight is 308 g/mol. The molecule has 0 spiro atoms. The van der Waals surface area contributed by atoms with Crippen LogP contribution in [-0.2, 0) is 0 Å². The highest BCUT2D eigenvalue weighted by atomic mass is 32.1. The Hall–Kier alpha value is -1.44. The summed E-state index contributed by atoms with van der Waals surface area (Å²) in [5.41, 5.74) is 2.53. The molecule has 2 aromatic heterocycles. The van der Waals surface area contributed by atoms with Crippen LogP contribution in [0.4, 0.5) is 11.8 Å². The standard InChI is InChI=1S/C14H24N6S/c1-4-20(5-2)8-6-7-16-12-11-9-10(3)21-13(11)18-14(17-12)19-15/h9H,4-8,15H2,1-3H3,(H2,16,17,18,19). The molecule has 0 radical (unpaired) electrons. The molecule has 2 rings (SSSR count). The quantitative estimate of drug-likeness (QED) is 0.395. The number of nitrogen functional groups attached to an aromatic ring is 1. The molecule has 2 aromatic rings. The number of hydrogen-bond acceptors (Lipinski definition) is 7. The maximum atomic E-state index is 5.44. The van der Waals surface area contributed by atoms with Gasteiger partial charge in [0.05, 0.1) is 5.39 Å². The summed E-state index contributed by atoms with van der Waals surface area (Å²) in [6, 6.07) is 2.12. The highest BCUT2D eigenvalue weighted by molar-refractivity contribution is 7.18. The van der Waals surface area contributed by atoms with Gasteiger partial charge in [0, 0.05) is 11.4 Å². The van der Waals surface area contributed by atoms with Crippen LogP contribution < -0.4 is 16.6 Å². The number of nitrogens with two attached hydrogens (primary N) is 1. The molecule has 0 atom stereocenters. The first-order valence-electron chi connectivity index (χ1n) is 7.39. The van der Waals surface area contributed by atoms with Crippen LogP contribution in [0.3, 0.4) is 0 Å². The molecule has 7 heteroatoms. The van der Waals surface area contributed by atoms with E-state index in [1.165, 1.54) is 4.88 Å². The minimum absolute atomic E-state index is 0.454. The lowest BCUT2D eigenvalue weighted by Gasteiger charge is -2.17. The second-order valence-corrected chi connectivity index (χ2v) is 6.16. The number of aromatic nitrogens is 2. The SMILES string of the molecule is CCN(CC)CCCNc1nc(NN)nc2sc(C)cc12. The van der Waals surface area contributed by atoms with Crippen molar-refractivity contribution in [3.8, 4) is 0 Å². The van der Waals surface area contributed by atoms with Crippen molar-refractivity contribution >= 4 is 33.3 Å². The first kappa shape index (κ1) is 15.9. The summed E-state index contributed by atoms with van der Waals surface area (Å²) in [5.74, 6) is 6.75. The van der Waals surface area contributed by atoms with Gasteiger partial charge >= 0.3 is 0 Å². The van der Waals surface area contributed by atoms with Crippen molar-refractivity contribution in [3.05, 3.63) is 10.9 Å². The van der Waals surface area contributed by atoms with Gasteiger partial charge in [0.25, 0.3) is 0 Å². The predicted octanol–water partition coefficient (Wildman–Crippen LogP) is 2.43. The Morgan fingerprint density at radius 1 is 1.29 bits per heavy atom. The number of hydrazine groups is 1. The zero-order valence-corrected chi connectivity index (χ0v) is 13.8. The van der Waals surface area contributed by atoms with Gasteiger partial charge in [-0.3, -0.25) is 5.43 Å². The maximum absolute atomic E-state index is 5.44. The lowest BCUT2D eigenvalue weighted by molar-refractivity contribution is 0.303. The molecule has 0 amide bonds. The molecule has 6 nitrogen and oxygen atoms in total. The number of nitrogens with zero attached hydrogens (tertiary/aromatic N) is 3. The van der Waals surface area contributed by atoms with E-state index in [-0.39, 0.29) is 0 Å². The molecule has 0 saturated carbocycles. The van der Waals surface area contributed by atoms with Gasteiger partial charge in [0.1, 0.15) is 10.6 Å². The number of rotatable bonds is 8. The number of hydrogen-bond donors (Lipinski definition) is 3. The van der Waals surface area contributed by atoms with Crippen molar-refractivity contribution < 1.29 is 0 Å². The fraction of sp³-hybridized carbons (Fsp3) is 0.571. The van der Waals surface area contributed by atoms with Gasteiger partial charge in [-0.1, -0.05) is 13.8 Å². The predicted molar refractivity (Wildman–Crippen MR) is 90.9 cm³/mol. The molecule has 0 aliphatic carbocycles. The summed E-state index contributed by atoms with van der Waals surface area (Å²) in [4.78, 5) is 13.4. The smallest absolute Gasteiger partial charge is 0.240 e. The number of anilines is 2.